The van der Waals surface area contributed by atoms with Crippen molar-refractivity contribution < 1.29 is 9.47 Å². The van der Waals surface area contributed by atoms with Crippen molar-refractivity contribution in [1.82, 2.24) is 0 Å². The van der Waals surface area contributed by atoms with Gasteiger partial charge in [0.2, 0.25) is 0 Å². The van der Waals surface area contributed by atoms with Crippen LogP contribution >= 0.6 is 11.6 Å². The van der Waals surface area contributed by atoms with Gasteiger partial charge in [-0.25, -0.2) is 0 Å². The highest BCUT2D eigenvalue weighted by atomic mass is 35.5. The van der Waals surface area contributed by atoms with Crippen molar-refractivity contribution in [2.45, 2.75) is 13.8 Å². The van der Waals surface area contributed by atoms with Gasteiger partial charge in [-0.15, -0.1) is 0 Å². The van der Waals surface area contributed by atoms with Crippen LogP contribution in [-0.2, 0) is 0 Å². The van der Waals surface area contributed by atoms with Crippen LogP contribution in [0.4, 0.5) is 5.69 Å². The van der Waals surface area contributed by atoms with E-state index >= 15 is 0 Å². The highest BCUT2D eigenvalue weighted by molar-refractivity contribution is 6.30. The molecule has 0 aliphatic heterocycles. The van der Waals surface area contributed by atoms with Crippen LogP contribution in [0.5, 0.6) is 11.5 Å². The molecule has 0 saturated carbocycles. The predicted octanol–water partition coefficient (Wildman–Crippen LogP) is 4.00. The van der Waals surface area contributed by atoms with E-state index in [0.717, 1.165) is 16.9 Å². The molecule has 0 radical (unpaired) electrons. The molecule has 106 valence electrons. The second kappa shape index (κ2) is 6.53. The first-order chi connectivity index (χ1) is 9.56. The van der Waals surface area contributed by atoms with Crippen LogP contribution in [0.15, 0.2) is 36.4 Å². The molecular formula is C16H18ClNO2. The molecule has 0 aromatic heterocycles. The van der Waals surface area contributed by atoms with Crippen LogP contribution in [0.2, 0.25) is 5.02 Å². The topological polar surface area (TPSA) is 44.5 Å². The number of ether oxygens (including phenoxy) is 2. The normalized spacial score (nSPS) is 10.3. The Kier molecular flexibility index (Phi) is 4.74. The van der Waals surface area contributed by atoms with Gasteiger partial charge in [-0.2, -0.15) is 0 Å². The molecule has 0 atom stereocenters. The molecule has 0 aliphatic rings. The summed E-state index contributed by atoms with van der Waals surface area (Å²) in [6.07, 6.45) is 0. The van der Waals surface area contributed by atoms with E-state index < -0.39 is 0 Å². The molecule has 0 fully saturated rings. The van der Waals surface area contributed by atoms with Crippen molar-refractivity contribution in [2.75, 3.05) is 18.9 Å². The van der Waals surface area contributed by atoms with Gasteiger partial charge in [-0.1, -0.05) is 17.7 Å². The minimum atomic E-state index is 0.440. The maximum absolute atomic E-state index is 5.89. The van der Waals surface area contributed by atoms with E-state index in [1.54, 1.807) is 0 Å². The fourth-order valence-electron chi connectivity index (χ4n) is 1.88. The Balaban J connectivity index is 1.84. The zero-order valence-corrected chi connectivity index (χ0v) is 12.4. The van der Waals surface area contributed by atoms with E-state index in [-0.39, 0.29) is 0 Å². The van der Waals surface area contributed by atoms with E-state index in [0.29, 0.717) is 29.7 Å². The third-order valence-corrected chi connectivity index (χ3v) is 3.14. The fraction of sp³-hybridized carbons (Fsp3) is 0.250. The molecule has 0 spiro atoms. The number of hydrogen-bond donors (Lipinski definition) is 1. The number of anilines is 1. The smallest absolute Gasteiger partial charge is 0.142 e. The Bertz CT molecular complexity index is 546. The molecule has 20 heavy (non-hydrogen) atoms. The van der Waals surface area contributed by atoms with E-state index in [1.165, 1.54) is 0 Å². The summed E-state index contributed by atoms with van der Waals surface area (Å²) in [6, 6.07) is 11.3. The summed E-state index contributed by atoms with van der Waals surface area (Å²) in [7, 11) is 0. The molecule has 0 unspecified atom stereocenters. The summed E-state index contributed by atoms with van der Waals surface area (Å²) < 4.78 is 11.3. The van der Waals surface area contributed by atoms with Crippen LogP contribution in [0.25, 0.3) is 0 Å². The van der Waals surface area contributed by atoms with Gasteiger partial charge < -0.3 is 15.2 Å². The molecular weight excluding hydrogens is 274 g/mol. The highest BCUT2D eigenvalue weighted by Crippen LogP contribution is 2.23. The summed E-state index contributed by atoms with van der Waals surface area (Å²) in [5.74, 6) is 1.50. The van der Waals surface area contributed by atoms with Crippen LogP contribution in [0.1, 0.15) is 11.1 Å². The number of nitrogens with two attached hydrogens (primary N) is 1. The monoisotopic (exact) mass is 291 g/mol. The number of hydrogen-bond acceptors (Lipinski definition) is 3. The second-order valence-corrected chi connectivity index (χ2v) is 5.08. The van der Waals surface area contributed by atoms with E-state index in [1.807, 2.05) is 50.2 Å². The molecule has 0 aliphatic carbocycles. The molecule has 2 N–H and O–H groups in total. The second-order valence-electron chi connectivity index (χ2n) is 4.65. The van der Waals surface area contributed by atoms with Crippen molar-refractivity contribution in [1.29, 1.82) is 0 Å². The molecule has 4 heteroatoms. The Labute approximate surface area is 124 Å². The van der Waals surface area contributed by atoms with Gasteiger partial charge in [0.1, 0.15) is 24.7 Å². The van der Waals surface area contributed by atoms with Gasteiger partial charge in [0.25, 0.3) is 0 Å². The van der Waals surface area contributed by atoms with Crippen LogP contribution in [0, 0.1) is 13.8 Å². The van der Waals surface area contributed by atoms with Crippen LogP contribution < -0.4 is 15.2 Å². The van der Waals surface area contributed by atoms with Gasteiger partial charge in [0.05, 0.1) is 5.69 Å². The SMILES string of the molecule is Cc1ccc(OCCOc2ccc(Cl)cc2C)c(N)c1. The third-order valence-electron chi connectivity index (χ3n) is 2.90. The Hall–Kier alpha value is -1.87. The van der Waals surface area contributed by atoms with Gasteiger partial charge in [0.15, 0.2) is 0 Å². The average molecular weight is 292 g/mol. The molecule has 3 nitrogen and oxygen atoms in total. The minimum absolute atomic E-state index is 0.440. The predicted molar refractivity (Wildman–Crippen MR) is 82.8 cm³/mol. The Morgan fingerprint density at radius 2 is 1.60 bits per heavy atom. The maximum Gasteiger partial charge on any atom is 0.142 e. The van der Waals surface area contributed by atoms with Crippen molar-refractivity contribution >= 4 is 17.3 Å². The van der Waals surface area contributed by atoms with E-state index in [2.05, 4.69) is 0 Å². The quantitative estimate of drug-likeness (QED) is 0.669. The third kappa shape index (κ3) is 3.81. The summed E-state index contributed by atoms with van der Waals surface area (Å²) in [5, 5.41) is 0.707. The molecule has 0 amide bonds. The Morgan fingerprint density at radius 3 is 2.25 bits per heavy atom. The average Bonchev–Trinajstić information content (AvgIpc) is 2.39. The Morgan fingerprint density at radius 1 is 0.950 bits per heavy atom. The summed E-state index contributed by atoms with van der Waals surface area (Å²) in [5.41, 5.74) is 8.64. The highest BCUT2D eigenvalue weighted by Gasteiger charge is 2.02. The van der Waals surface area contributed by atoms with Crippen molar-refractivity contribution in [3.05, 3.63) is 52.5 Å². The number of benzene rings is 2. The number of nitrogen functional groups attached to an aromatic ring is 1. The van der Waals surface area contributed by atoms with Gasteiger partial charge in [0, 0.05) is 5.02 Å². The molecule has 2 aromatic carbocycles. The minimum Gasteiger partial charge on any atom is -0.490 e. The number of halogens is 1. The zero-order valence-electron chi connectivity index (χ0n) is 11.7. The summed E-state index contributed by atoms with van der Waals surface area (Å²) >= 11 is 5.89. The van der Waals surface area contributed by atoms with Gasteiger partial charge in [-0.3, -0.25) is 0 Å². The lowest BCUT2D eigenvalue weighted by Crippen LogP contribution is -2.10. The molecule has 0 heterocycles. The van der Waals surface area contributed by atoms with Crippen LogP contribution in [0.3, 0.4) is 0 Å². The lowest BCUT2D eigenvalue weighted by molar-refractivity contribution is 0.217. The first-order valence-electron chi connectivity index (χ1n) is 6.44. The molecule has 2 aromatic rings. The first kappa shape index (κ1) is 14.5. The number of rotatable bonds is 5. The summed E-state index contributed by atoms with van der Waals surface area (Å²) in [4.78, 5) is 0. The zero-order chi connectivity index (χ0) is 14.5. The largest absolute Gasteiger partial charge is 0.490 e. The maximum atomic E-state index is 5.89. The van der Waals surface area contributed by atoms with Crippen molar-refractivity contribution in [2.24, 2.45) is 0 Å². The summed E-state index contributed by atoms with van der Waals surface area (Å²) in [6.45, 7) is 4.84. The molecule has 0 saturated heterocycles. The van der Waals surface area contributed by atoms with Crippen molar-refractivity contribution in [3.63, 3.8) is 0 Å². The lowest BCUT2D eigenvalue weighted by atomic mass is 10.2. The van der Waals surface area contributed by atoms with Crippen LogP contribution in [-0.4, -0.2) is 13.2 Å². The van der Waals surface area contributed by atoms with Gasteiger partial charge >= 0.3 is 0 Å². The number of aryl methyl sites for hydroxylation is 2. The van der Waals surface area contributed by atoms with E-state index in [9.17, 15) is 0 Å². The van der Waals surface area contributed by atoms with Gasteiger partial charge in [-0.05, 0) is 55.3 Å². The molecule has 0 bridgehead atoms. The lowest BCUT2D eigenvalue weighted by Gasteiger charge is -2.12. The van der Waals surface area contributed by atoms with Crippen molar-refractivity contribution in [3.8, 4) is 11.5 Å². The first-order valence-corrected chi connectivity index (χ1v) is 6.82. The standard InChI is InChI=1S/C16H18ClNO2/c1-11-3-5-16(14(18)9-11)20-8-7-19-15-6-4-13(17)10-12(15)2/h3-6,9-10H,7-8,18H2,1-2H3. The van der Waals surface area contributed by atoms with E-state index in [4.69, 9.17) is 26.8 Å². The fourth-order valence-corrected chi connectivity index (χ4v) is 2.10. The molecule has 2 rings (SSSR count).